The highest BCUT2D eigenvalue weighted by molar-refractivity contribution is 8.00. The van der Waals surface area contributed by atoms with Gasteiger partial charge in [0.2, 0.25) is 5.78 Å². The van der Waals surface area contributed by atoms with Crippen LogP contribution in [0.3, 0.4) is 0 Å². The molecule has 0 amide bonds. The van der Waals surface area contributed by atoms with Gasteiger partial charge in [-0.2, -0.15) is 0 Å². The van der Waals surface area contributed by atoms with Crippen LogP contribution in [-0.2, 0) is 0 Å². The van der Waals surface area contributed by atoms with E-state index in [9.17, 15) is 13.6 Å². The van der Waals surface area contributed by atoms with Gasteiger partial charge in [0.25, 0.3) is 0 Å². The van der Waals surface area contributed by atoms with Gasteiger partial charge in [-0.1, -0.05) is 17.7 Å². The SMILES string of the molecule is Cc1ccc(SNc2ccc(F)c(C(=O)c3c[nH]c4ncccc34)c2F)cc1. The van der Waals surface area contributed by atoms with Crippen LogP contribution in [-0.4, -0.2) is 15.8 Å². The van der Waals surface area contributed by atoms with Crippen LogP contribution in [0, 0.1) is 18.6 Å². The Hall–Kier alpha value is -3.19. The van der Waals surface area contributed by atoms with Crippen molar-refractivity contribution in [2.45, 2.75) is 11.8 Å². The fourth-order valence-corrected chi connectivity index (χ4v) is 3.50. The van der Waals surface area contributed by atoms with Crippen molar-refractivity contribution in [3.63, 3.8) is 0 Å². The molecular formula is C21H15F2N3OS. The fraction of sp³-hybridized carbons (Fsp3) is 0.0476. The second-order valence-corrected chi connectivity index (χ2v) is 7.11. The van der Waals surface area contributed by atoms with Crippen molar-refractivity contribution in [1.29, 1.82) is 0 Å². The van der Waals surface area contributed by atoms with E-state index in [0.29, 0.717) is 11.0 Å². The number of H-pyrrole nitrogens is 1. The Morgan fingerprint density at radius 3 is 2.68 bits per heavy atom. The number of hydrogen-bond acceptors (Lipinski definition) is 4. The molecule has 2 N–H and O–H groups in total. The maximum Gasteiger partial charge on any atom is 0.201 e. The summed E-state index contributed by atoms with van der Waals surface area (Å²) in [6.07, 6.45) is 2.99. The summed E-state index contributed by atoms with van der Waals surface area (Å²) in [7, 11) is 0. The Kier molecular flexibility index (Phi) is 4.83. The Morgan fingerprint density at radius 1 is 1.11 bits per heavy atom. The van der Waals surface area contributed by atoms with Gasteiger partial charge in [0.1, 0.15) is 11.5 Å². The van der Waals surface area contributed by atoms with Crippen LogP contribution in [0.4, 0.5) is 14.5 Å². The highest BCUT2D eigenvalue weighted by atomic mass is 32.2. The van der Waals surface area contributed by atoms with E-state index in [1.165, 1.54) is 24.2 Å². The summed E-state index contributed by atoms with van der Waals surface area (Å²) >= 11 is 1.18. The largest absolute Gasteiger partial charge is 0.345 e. The van der Waals surface area contributed by atoms with Gasteiger partial charge in [-0.25, -0.2) is 13.8 Å². The number of aromatic amines is 1. The first kappa shape index (κ1) is 18.2. The van der Waals surface area contributed by atoms with Gasteiger partial charge in [0.05, 0.1) is 11.3 Å². The molecule has 0 aliphatic carbocycles. The Morgan fingerprint density at radius 2 is 1.89 bits per heavy atom. The number of anilines is 1. The van der Waals surface area contributed by atoms with Crippen LogP contribution in [0.5, 0.6) is 0 Å². The lowest BCUT2D eigenvalue weighted by atomic mass is 10.0. The number of benzene rings is 2. The molecule has 0 atom stereocenters. The fourth-order valence-electron chi connectivity index (χ4n) is 2.84. The first-order chi connectivity index (χ1) is 13.5. The van der Waals surface area contributed by atoms with Crippen LogP contribution in [0.15, 0.2) is 65.8 Å². The smallest absolute Gasteiger partial charge is 0.201 e. The molecule has 2 heterocycles. The second kappa shape index (κ2) is 7.44. The van der Waals surface area contributed by atoms with Crippen molar-refractivity contribution in [3.8, 4) is 0 Å². The van der Waals surface area contributed by atoms with Gasteiger partial charge in [0.15, 0.2) is 5.82 Å². The van der Waals surface area contributed by atoms with E-state index in [1.807, 2.05) is 31.2 Å². The number of nitrogens with one attached hydrogen (secondary N) is 2. The zero-order valence-corrected chi connectivity index (χ0v) is 15.6. The quantitative estimate of drug-likeness (QED) is 0.346. The number of aromatic nitrogens is 2. The zero-order valence-electron chi connectivity index (χ0n) is 14.8. The molecule has 140 valence electrons. The summed E-state index contributed by atoms with van der Waals surface area (Å²) < 4.78 is 32.2. The van der Waals surface area contributed by atoms with Crippen LogP contribution >= 0.6 is 11.9 Å². The number of hydrogen-bond donors (Lipinski definition) is 2. The number of ketones is 1. The van der Waals surface area contributed by atoms with Crippen molar-refractivity contribution in [2.24, 2.45) is 0 Å². The molecule has 0 fully saturated rings. The molecule has 7 heteroatoms. The van der Waals surface area contributed by atoms with E-state index >= 15 is 0 Å². The lowest BCUT2D eigenvalue weighted by Crippen LogP contribution is -2.09. The van der Waals surface area contributed by atoms with Crippen molar-refractivity contribution in [3.05, 3.63) is 89.2 Å². The van der Waals surface area contributed by atoms with Gasteiger partial charge in [-0.05, 0) is 55.3 Å². The molecule has 0 bridgehead atoms. The molecule has 2 aromatic carbocycles. The predicted octanol–water partition coefficient (Wildman–Crippen LogP) is 5.50. The third-order valence-electron chi connectivity index (χ3n) is 4.31. The molecule has 28 heavy (non-hydrogen) atoms. The Labute approximate surface area is 164 Å². The molecule has 2 aromatic heterocycles. The molecule has 4 aromatic rings. The van der Waals surface area contributed by atoms with E-state index in [1.54, 1.807) is 18.3 Å². The minimum atomic E-state index is -0.928. The normalized spacial score (nSPS) is 11.0. The number of rotatable bonds is 5. The lowest BCUT2D eigenvalue weighted by molar-refractivity contribution is 0.103. The molecule has 0 saturated carbocycles. The van der Waals surface area contributed by atoms with Crippen molar-refractivity contribution >= 4 is 34.5 Å². The summed E-state index contributed by atoms with van der Waals surface area (Å²) in [4.78, 5) is 20.7. The number of pyridine rings is 1. The Bertz CT molecular complexity index is 1170. The van der Waals surface area contributed by atoms with Gasteiger partial charge in [0, 0.05) is 28.2 Å². The molecular weight excluding hydrogens is 380 g/mol. The summed E-state index contributed by atoms with van der Waals surface area (Å²) in [6.45, 7) is 1.97. The molecule has 4 nitrogen and oxygen atoms in total. The molecule has 0 aliphatic heterocycles. The topological polar surface area (TPSA) is 57.8 Å². The third-order valence-corrected chi connectivity index (χ3v) is 5.14. The zero-order chi connectivity index (χ0) is 19.7. The lowest BCUT2D eigenvalue weighted by Gasteiger charge is -2.10. The van der Waals surface area contributed by atoms with Crippen LogP contribution in [0.25, 0.3) is 11.0 Å². The number of fused-ring (bicyclic) bond motifs is 1. The van der Waals surface area contributed by atoms with Crippen molar-refractivity contribution in [1.82, 2.24) is 9.97 Å². The van der Waals surface area contributed by atoms with Gasteiger partial charge in [-0.3, -0.25) is 4.79 Å². The van der Waals surface area contributed by atoms with E-state index in [4.69, 9.17) is 0 Å². The number of aryl methyl sites for hydroxylation is 1. The molecule has 0 aliphatic rings. The summed E-state index contributed by atoms with van der Waals surface area (Å²) in [5.41, 5.74) is 1.20. The summed E-state index contributed by atoms with van der Waals surface area (Å²) in [5.74, 6) is -2.58. The van der Waals surface area contributed by atoms with Gasteiger partial charge in [-0.15, -0.1) is 0 Å². The third kappa shape index (κ3) is 3.36. The summed E-state index contributed by atoms with van der Waals surface area (Å²) in [6, 6.07) is 13.4. The number of halogens is 2. The van der Waals surface area contributed by atoms with Gasteiger partial charge >= 0.3 is 0 Å². The predicted molar refractivity (Wildman–Crippen MR) is 107 cm³/mol. The van der Waals surface area contributed by atoms with Crippen LogP contribution < -0.4 is 4.72 Å². The van der Waals surface area contributed by atoms with Crippen LogP contribution in [0.2, 0.25) is 0 Å². The number of carbonyl (C=O) groups is 1. The van der Waals surface area contributed by atoms with E-state index in [0.717, 1.165) is 16.5 Å². The average Bonchev–Trinajstić information content (AvgIpc) is 3.13. The molecule has 0 saturated heterocycles. The number of nitrogens with zero attached hydrogens (tertiary/aromatic N) is 1. The molecule has 4 rings (SSSR count). The molecule has 0 radical (unpaired) electrons. The minimum absolute atomic E-state index is 0.0355. The first-order valence-electron chi connectivity index (χ1n) is 8.49. The first-order valence-corrected chi connectivity index (χ1v) is 9.30. The highest BCUT2D eigenvalue weighted by Gasteiger charge is 2.24. The maximum atomic E-state index is 15.0. The highest BCUT2D eigenvalue weighted by Crippen LogP contribution is 2.29. The monoisotopic (exact) mass is 395 g/mol. The summed E-state index contributed by atoms with van der Waals surface area (Å²) in [5, 5.41) is 0.513. The van der Waals surface area contributed by atoms with Crippen molar-refractivity contribution < 1.29 is 13.6 Å². The second-order valence-electron chi connectivity index (χ2n) is 6.23. The van der Waals surface area contributed by atoms with Gasteiger partial charge < -0.3 is 9.71 Å². The maximum absolute atomic E-state index is 15.0. The standard InChI is InChI=1S/C21H15F2N3OS/c1-12-4-6-13(7-5-12)28-26-17-9-8-16(22)18(19(17)23)20(27)15-11-25-21-14(15)3-2-10-24-21/h2-11,26H,1H3,(H,24,25). The molecule has 0 unspecified atom stereocenters. The minimum Gasteiger partial charge on any atom is -0.345 e. The van der Waals surface area contributed by atoms with Crippen molar-refractivity contribution in [2.75, 3.05) is 4.72 Å². The molecule has 0 spiro atoms. The van der Waals surface area contributed by atoms with E-state index in [2.05, 4.69) is 14.7 Å². The number of carbonyl (C=O) groups excluding carboxylic acids is 1. The van der Waals surface area contributed by atoms with E-state index in [-0.39, 0.29) is 11.3 Å². The van der Waals surface area contributed by atoms with E-state index < -0.39 is 23.0 Å². The Balaban J connectivity index is 1.66. The van der Waals surface area contributed by atoms with Crippen LogP contribution in [0.1, 0.15) is 21.5 Å². The average molecular weight is 395 g/mol.